The van der Waals surface area contributed by atoms with E-state index in [9.17, 15) is 14.0 Å². The summed E-state index contributed by atoms with van der Waals surface area (Å²) in [5.41, 5.74) is 1.33. The van der Waals surface area contributed by atoms with Crippen LogP contribution in [0.15, 0.2) is 50.5 Å². The van der Waals surface area contributed by atoms with E-state index in [1.165, 1.54) is 23.5 Å². The molecule has 12 heteroatoms. The van der Waals surface area contributed by atoms with Gasteiger partial charge in [-0.1, -0.05) is 22.0 Å². The summed E-state index contributed by atoms with van der Waals surface area (Å²) >= 11 is 4.71. The van der Waals surface area contributed by atoms with Crippen LogP contribution in [0.3, 0.4) is 0 Å². The van der Waals surface area contributed by atoms with Gasteiger partial charge in [-0.05, 0) is 37.7 Å². The fourth-order valence-corrected chi connectivity index (χ4v) is 5.66. The number of halogens is 4. The molecule has 7 nitrogen and oxygen atoms in total. The van der Waals surface area contributed by atoms with Crippen molar-refractivity contribution in [3.05, 3.63) is 61.9 Å². The lowest BCUT2D eigenvalue weighted by Gasteiger charge is -2.40. The zero-order valence-electron chi connectivity index (χ0n) is 19.5. The van der Waals surface area contributed by atoms with Crippen LogP contribution in [0, 0.1) is 11.7 Å². The molecule has 2 aliphatic heterocycles. The third kappa shape index (κ3) is 5.93. The van der Waals surface area contributed by atoms with E-state index < -0.39 is 30.2 Å². The van der Waals surface area contributed by atoms with Crippen molar-refractivity contribution in [2.45, 2.75) is 18.4 Å². The van der Waals surface area contributed by atoms with Crippen molar-refractivity contribution in [1.82, 2.24) is 20.1 Å². The second-order valence-electron chi connectivity index (χ2n) is 8.91. The molecule has 192 valence electrons. The minimum absolute atomic E-state index is 0.0836. The summed E-state index contributed by atoms with van der Waals surface area (Å²) in [7, 11) is 1.65. The summed E-state index contributed by atoms with van der Waals surface area (Å²) < 4.78 is 44.3. The Morgan fingerprint density at radius 1 is 1.36 bits per heavy atom. The number of nitrogens with zero attached hydrogens (tertiary/aromatic N) is 4. The molecular formula is C24H25BrF3N5O2S. The van der Waals surface area contributed by atoms with Gasteiger partial charge in [0.1, 0.15) is 24.4 Å². The van der Waals surface area contributed by atoms with Crippen LogP contribution in [0.25, 0.3) is 0 Å². The van der Waals surface area contributed by atoms with Gasteiger partial charge in [-0.2, -0.15) is 0 Å². The molecule has 3 heterocycles. The Hall–Kier alpha value is -2.41. The molecule has 1 aromatic carbocycles. The Bertz CT molecular complexity index is 1170. The van der Waals surface area contributed by atoms with Crippen LogP contribution in [0.2, 0.25) is 0 Å². The number of rotatable bonds is 9. The predicted molar refractivity (Wildman–Crippen MR) is 135 cm³/mol. The number of benzene rings is 1. The number of alkyl halides is 2. The average molecular weight is 584 g/mol. The van der Waals surface area contributed by atoms with Gasteiger partial charge in [-0.3, -0.25) is 19.6 Å². The minimum atomic E-state index is -2.96. The molecule has 1 fully saturated rings. The Kier molecular flexibility index (Phi) is 8.38. The zero-order valence-corrected chi connectivity index (χ0v) is 21.9. The number of hydrogen-bond acceptors (Lipinski definition) is 8. The zero-order chi connectivity index (χ0) is 25.9. The van der Waals surface area contributed by atoms with Gasteiger partial charge >= 0.3 is 0 Å². The first-order chi connectivity index (χ1) is 17.2. The van der Waals surface area contributed by atoms with Crippen molar-refractivity contribution in [3.63, 3.8) is 0 Å². The number of carbonyl (C=O) groups excluding carboxylic acids is 2. The maximum absolute atomic E-state index is 15.0. The number of likely N-dealkylation sites (tertiary alicyclic amines) is 1. The first-order valence-corrected chi connectivity index (χ1v) is 13.0. The highest BCUT2D eigenvalue weighted by atomic mass is 79.9. The first-order valence-electron chi connectivity index (χ1n) is 11.3. The number of likely N-dealkylation sites (N-methyl/N-ethyl adjacent to an activating group) is 1. The number of thiazole rings is 1. The van der Waals surface area contributed by atoms with Crippen LogP contribution < -0.4 is 5.32 Å². The SMILES string of the molecule is CN(CC=O)CC1CCN(CC2=C(C=O)[C@H](c3ccc(F)cc3Br)N=C(c3nccs3)N2)CC1(F)F. The fraction of sp³-hybridized carbons (Fsp3) is 0.417. The summed E-state index contributed by atoms with van der Waals surface area (Å²) in [6.45, 7) is 0.247. The molecule has 4 rings (SSSR count). The lowest BCUT2D eigenvalue weighted by Crippen LogP contribution is -2.53. The van der Waals surface area contributed by atoms with Gasteiger partial charge in [0.25, 0.3) is 5.92 Å². The van der Waals surface area contributed by atoms with Gasteiger partial charge in [0.15, 0.2) is 10.8 Å². The van der Waals surface area contributed by atoms with Crippen LogP contribution in [-0.2, 0) is 9.59 Å². The molecule has 1 saturated heterocycles. The summed E-state index contributed by atoms with van der Waals surface area (Å²) in [4.78, 5) is 35.2. The topological polar surface area (TPSA) is 77.9 Å². The number of carbonyl (C=O) groups is 2. The van der Waals surface area contributed by atoms with Crippen molar-refractivity contribution < 1.29 is 22.8 Å². The largest absolute Gasteiger partial charge is 0.340 e. The third-order valence-electron chi connectivity index (χ3n) is 6.31. The standard InChI is InChI=1S/C24H25BrF3N5O2S/c1-32(7-8-34)11-15-4-6-33(14-24(15,27)28)12-20-18(13-35)21(17-3-2-16(26)10-19(17)25)31-22(30-20)23-29-5-9-36-23/h2-3,5,8-10,13,15,21H,4,6-7,11-12,14H2,1H3,(H,30,31)/t15?,21-/m0/s1. The van der Waals surface area contributed by atoms with Gasteiger partial charge in [-0.25, -0.2) is 18.2 Å². The summed E-state index contributed by atoms with van der Waals surface area (Å²) in [6.07, 6.45) is 3.25. The van der Waals surface area contributed by atoms with Crippen molar-refractivity contribution in [2.75, 3.05) is 39.8 Å². The number of aldehydes is 2. The van der Waals surface area contributed by atoms with Crippen LogP contribution in [0.4, 0.5) is 13.2 Å². The molecule has 0 aliphatic carbocycles. The molecule has 1 aromatic heterocycles. The maximum Gasteiger partial charge on any atom is 0.264 e. The predicted octanol–water partition coefficient (Wildman–Crippen LogP) is 3.68. The van der Waals surface area contributed by atoms with E-state index in [1.807, 2.05) is 0 Å². The van der Waals surface area contributed by atoms with E-state index in [2.05, 4.69) is 31.2 Å². The highest BCUT2D eigenvalue weighted by Crippen LogP contribution is 2.37. The normalized spacial score (nSPS) is 22.3. The van der Waals surface area contributed by atoms with E-state index in [0.717, 1.165) is 0 Å². The van der Waals surface area contributed by atoms with E-state index in [4.69, 9.17) is 0 Å². The second kappa shape index (κ2) is 11.3. The second-order valence-corrected chi connectivity index (χ2v) is 10.7. The van der Waals surface area contributed by atoms with Crippen LogP contribution in [0.1, 0.15) is 23.0 Å². The van der Waals surface area contributed by atoms with E-state index >= 15 is 8.78 Å². The Morgan fingerprint density at radius 3 is 2.81 bits per heavy atom. The van der Waals surface area contributed by atoms with Crippen LogP contribution in [0.5, 0.6) is 0 Å². The van der Waals surface area contributed by atoms with Gasteiger partial charge in [0.05, 0.1) is 13.1 Å². The monoisotopic (exact) mass is 583 g/mol. The highest BCUT2D eigenvalue weighted by Gasteiger charge is 2.45. The van der Waals surface area contributed by atoms with Gasteiger partial charge in [0, 0.05) is 46.3 Å². The fourth-order valence-electron chi connectivity index (χ4n) is 4.50. The molecule has 0 saturated carbocycles. The molecule has 2 aromatic rings. The lowest BCUT2D eigenvalue weighted by molar-refractivity contribution is -0.119. The third-order valence-corrected chi connectivity index (χ3v) is 7.78. The van der Waals surface area contributed by atoms with Crippen molar-refractivity contribution >= 4 is 45.7 Å². The van der Waals surface area contributed by atoms with Crippen LogP contribution in [-0.4, -0.2) is 78.9 Å². The van der Waals surface area contributed by atoms with Gasteiger partial charge in [0.2, 0.25) is 0 Å². The number of aromatic nitrogens is 1. The van der Waals surface area contributed by atoms with Gasteiger partial charge in [-0.15, -0.1) is 11.3 Å². The Morgan fingerprint density at radius 2 is 2.17 bits per heavy atom. The number of piperidine rings is 1. The molecule has 2 aliphatic rings. The molecule has 36 heavy (non-hydrogen) atoms. The van der Waals surface area contributed by atoms with Crippen molar-refractivity contribution in [1.29, 1.82) is 0 Å². The molecule has 1 unspecified atom stereocenters. The quantitative estimate of drug-likeness (QED) is 0.454. The lowest BCUT2D eigenvalue weighted by atomic mass is 9.91. The van der Waals surface area contributed by atoms with E-state index in [-0.39, 0.29) is 26.1 Å². The molecule has 2 atom stereocenters. The Balaban J connectivity index is 1.61. The molecule has 0 spiro atoms. The number of hydrogen-bond donors (Lipinski definition) is 1. The molecule has 0 amide bonds. The maximum atomic E-state index is 15.0. The summed E-state index contributed by atoms with van der Waals surface area (Å²) in [5.74, 6) is -3.85. The van der Waals surface area contributed by atoms with Crippen molar-refractivity contribution in [2.24, 2.45) is 10.9 Å². The molecule has 0 radical (unpaired) electrons. The smallest absolute Gasteiger partial charge is 0.264 e. The number of aliphatic imine (C=N–C) groups is 1. The number of amidine groups is 1. The molecule has 1 N–H and O–H groups in total. The highest BCUT2D eigenvalue weighted by molar-refractivity contribution is 9.10. The minimum Gasteiger partial charge on any atom is -0.340 e. The summed E-state index contributed by atoms with van der Waals surface area (Å²) in [6, 6.07) is 3.37. The summed E-state index contributed by atoms with van der Waals surface area (Å²) in [5, 5.41) is 5.52. The van der Waals surface area contributed by atoms with E-state index in [1.54, 1.807) is 34.5 Å². The Labute approximate surface area is 219 Å². The average Bonchev–Trinajstić information content (AvgIpc) is 3.35. The van der Waals surface area contributed by atoms with Gasteiger partial charge < -0.3 is 10.1 Å². The number of nitrogens with one attached hydrogen (secondary N) is 1. The molecule has 0 bridgehead atoms. The van der Waals surface area contributed by atoms with Crippen molar-refractivity contribution in [3.8, 4) is 0 Å². The first kappa shape index (κ1) is 26.6. The van der Waals surface area contributed by atoms with Crippen LogP contribution >= 0.6 is 27.3 Å². The van der Waals surface area contributed by atoms with E-state index in [0.29, 0.717) is 51.3 Å². The molecular weight excluding hydrogens is 559 g/mol.